The first-order chi connectivity index (χ1) is 11.1. The predicted octanol–water partition coefficient (Wildman–Crippen LogP) is 0.539. The average Bonchev–Trinajstić information content (AvgIpc) is 2.54. The first kappa shape index (κ1) is 18.1. The highest BCUT2D eigenvalue weighted by atomic mass is 16.6. The first-order valence-corrected chi connectivity index (χ1v) is 6.66. The predicted molar refractivity (Wildman–Crippen MR) is 81.3 cm³/mol. The van der Waals surface area contributed by atoms with Gasteiger partial charge in [0.05, 0.1) is 24.7 Å². The van der Waals surface area contributed by atoms with Crippen molar-refractivity contribution < 1.29 is 19.6 Å². The molecule has 0 fully saturated rings. The fraction of sp³-hybridized carbons (Fsp3) is 0.286. The molecule has 0 aliphatic carbocycles. The Hall–Kier alpha value is -2.96. The van der Waals surface area contributed by atoms with Crippen molar-refractivity contribution in [1.29, 1.82) is 5.26 Å². The van der Waals surface area contributed by atoms with E-state index < -0.39 is 10.8 Å². The van der Waals surface area contributed by atoms with Crippen LogP contribution in [0.15, 0.2) is 36.0 Å². The van der Waals surface area contributed by atoms with Gasteiger partial charge in [-0.05, 0) is 12.1 Å². The molecule has 0 aromatic heterocycles. The number of hydrogen-bond acceptors (Lipinski definition) is 7. The molecule has 9 heteroatoms. The Morgan fingerprint density at radius 2 is 2.09 bits per heavy atom. The zero-order valence-corrected chi connectivity index (χ0v) is 12.2. The summed E-state index contributed by atoms with van der Waals surface area (Å²) in [4.78, 5) is 21.9. The third-order valence-corrected chi connectivity index (χ3v) is 2.57. The van der Waals surface area contributed by atoms with Crippen molar-refractivity contribution in [2.45, 2.75) is 0 Å². The Morgan fingerprint density at radius 1 is 1.39 bits per heavy atom. The molecule has 9 nitrogen and oxygen atoms in total. The fourth-order valence-electron chi connectivity index (χ4n) is 1.49. The number of non-ortho nitro benzene ring substituents is 1. The summed E-state index contributed by atoms with van der Waals surface area (Å²) in [6.45, 7) is 0.837. The summed E-state index contributed by atoms with van der Waals surface area (Å²) in [5.74, 6) is -0.634. The smallest absolute Gasteiger partial charge is 0.269 e. The van der Waals surface area contributed by atoms with Crippen LogP contribution in [0, 0.1) is 21.4 Å². The van der Waals surface area contributed by atoms with Gasteiger partial charge in [-0.15, -0.1) is 0 Å². The monoisotopic (exact) mass is 320 g/mol. The summed E-state index contributed by atoms with van der Waals surface area (Å²) in [6.07, 6.45) is 1.25. The molecule has 0 saturated carbocycles. The Balaban J connectivity index is 2.53. The molecule has 1 amide bonds. The van der Waals surface area contributed by atoms with Crippen LogP contribution in [0.4, 0.5) is 11.4 Å². The van der Waals surface area contributed by atoms with E-state index in [0.29, 0.717) is 18.8 Å². The lowest BCUT2D eigenvalue weighted by Gasteiger charge is -2.05. The van der Waals surface area contributed by atoms with E-state index >= 15 is 0 Å². The lowest BCUT2D eigenvalue weighted by molar-refractivity contribution is -0.384. The largest absolute Gasteiger partial charge is 0.394 e. The molecule has 1 aromatic carbocycles. The maximum atomic E-state index is 11.9. The number of nitro groups is 1. The van der Waals surface area contributed by atoms with Crippen LogP contribution in [-0.2, 0) is 9.53 Å². The van der Waals surface area contributed by atoms with Crippen molar-refractivity contribution >= 4 is 17.3 Å². The van der Waals surface area contributed by atoms with Gasteiger partial charge in [0.25, 0.3) is 11.6 Å². The number of hydrogen-bond donors (Lipinski definition) is 3. The van der Waals surface area contributed by atoms with Gasteiger partial charge >= 0.3 is 0 Å². The number of nitro benzene ring substituents is 1. The normalized spacial score (nSPS) is 10.7. The van der Waals surface area contributed by atoms with Crippen molar-refractivity contribution in [3.05, 3.63) is 46.2 Å². The van der Waals surface area contributed by atoms with Crippen LogP contribution in [0.25, 0.3) is 0 Å². The van der Waals surface area contributed by atoms with E-state index in [0.717, 1.165) is 0 Å². The van der Waals surface area contributed by atoms with Gasteiger partial charge in [-0.2, -0.15) is 5.26 Å². The van der Waals surface area contributed by atoms with Crippen LogP contribution in [0.2, 0.25) is 0 Å². The second-order valence-corrected chi connectivity index (χ2v) is 4.22. The number of aliphatic hydroxyl groups is 1. The molecule has 1 rings (SSSR count). The molecule has 122 valence electrons. The Labute approximate surface area is 132 Å². The van der Waals surface area contributed by atoms with Crippen LogP contribution < -0.4 is 10.6 Å². The number of aliphatic hydroxyl groups excluding tert-OH is 1. The van der Waals surface area contributed by atoms with Crippen molar-refractivity contribution in [2.24, 2.45) is 0 Å². The molecular formula is C14H16N4O5. The number of rotatable bonds is 9. The first-order valence-electron chi connectivity index (χ1n) is 6.66. The molecule has 0 radical (unpaired) electrons. The van der Waals surface area contributed by atoms with Crippen molar-refractivity contribution in [3.8, 4) is 6.07 Å². The van der Waals surface area contributed by atoms with Gasteiger partial charge in [0.2, 0.25) is 0 Å². The minimum atomic E-state index is -0.634. The van der Waals surface area contributed by atoms with Gasteiger partial charge in [-0.1, -0.05) is 0 Å². The van der Waals surface area contributed by atoms with Crippen LogP contribution in [-0.4, -0.2) is 42.3 Å². The van der Waals surface area contributed by atoms with Gasteiger partial charge < -0.3 is 20.5 Å². The topological polar surface area (TPSA) is 138 Å². The minimum absolute atomic E-state index is 0.0725. The summed E-state index contributed by atoms with van der Waals surface area (Å²) in [5, 5.41) is 33.2. The van der Waals surface area contributed by atoms with Crippen molar-refractivity contribution in [3.63, 3.8) is 0 Å². The molecule has 0 bridgehead atoms. The number of carbonyl (C=O) groups excluding carboxylic acids is 1. The highest BCUT2D eigenvalue weighted by Crippen LogP contribution is 2.15. The van der Waals surface area contributed by atoms with Gasteiger partial charge in [0, 0.05) is 30.6 Å². The highest BCUT2D eigenvalue weighted by molar-refractivity contribution is 6.06. The Kier molecular flexibility index (Phi) is 7.77. The van der Waals surface area contributed by atoms with Gasteiger partial charge in [-0.3, -0.25) is 14.9 Å². The summed E-state index contributed by atoms with van der Waals surface area (Å²) < 4.78 is 5.00. The zero-order valence-electron chi connectivity index (χ0n) is 12.2. The van der Waals surface area contributed by atoms with Crippen LogP contribution in [0.1, 0.15) is 0 Å². The number of nitrogens with one attached hydrogen (secondary N) is 2. The standard InChI is InChI=1S/C14H16N4O5/c15-9-11(10-16-5-7-23-8-6-19)14(20)17-12-1-3-13(4-2-12)18(21)22/h1-4,10,16,19H,5-8H2,(H,17,20)/b11-10-. The summed E-state index contributed by atoms with van der Waals surface area (Å²) in [7, 11) is 0. The molecule has 0 unspecified atom stereocenters. The number of nitrogens with zero attached hydrogens (tertiary/aromatic N) is 2. The fourth-order valence-corrected chi connectivity index (χ4v) is 1.49. The molecule has 0 saturated heterocycles. The van der Waals surface area contributed by atoms with Gasteiger partial charge in [0.1, 0.15) is 11.6 Å². The quantitative estimate of drug-likeness (QED) is 0.198. The summed E-state index contributed by atoms with van der Waals surface area (Å²) in [5.41, 5.74) is 0.0992. The van der Waals surface area contributed by atoms with Gasteiger partial charge in [0.15, 0.2) is 0 Å². The molecule has 3 N–H and O–H groups in total. The second-order valence-electron chi connectivity index (χ2n) is 4.22. The lowest BCUT2D eigenvalue weighted by atomic mass is 10.2. The lowest BCUT2D eigenvalue weighted by Crippen LogP contribution is -2.19. The highest BCUT2D eigenvalue weighted by Gasteiger charge is 2.10. The molecule has 0 spiro atoms. The molecule has 0 atom stereocenters. The maximum Gasteiger partial charge on any atom is 0.269 e. The maximum absolute atomic E-state index is 11.9. The molecule has 0 aliphatic heterocycles. The Bertz CT molecular complexity index is 607. The van der Waals surface area contributed by atoms with Crippen LogP contribution in [0.5, 0.6) is 0 Å². The van der Waals surface area contributed by atoms with E-state index in [4.69, 9.17) is 15.1 Å². The summed E-state index contributed by atoms with van der Waals surface area (Å²) in [6, 6.07) is 7.01. The van der Waals surface area contributed by atoms with E-state index in [1.165, 1.54) is 30.5 Å². The van der Waals surface area contributed by atoms with Gasteiger partial charge in [-0.25, -0.2) is 0 Å². The van der Waals surface area contributed by atoms with Crippen LogP contribution in [0.3, 0.4) is 0 Å². The molecule has 0 aliphatic rings. The molecule has 1 aromatic rings. The van der Waals surface area contributed by atoms with Crippen molar-refractivity contribution in [2.75, 3.05) is 31.7 Å². The van der Waals surface area contributed by atoms with E-state index in [2.05, 4.69) is 10.6 Å². The Morgan fingerprint density at radius 3 is 2.65 bits per heavy atom. The number of amides is 1. The minimum Gasteiger partial charge on any atom is -0.394 e. The third kappa shape index (κ3) is 6.56. The molecule has 0 heterocycles. The molecular weight excluding hydrogens is 304 g/mol. The number of nitriles is 1. The van der Waals surface area contributed by atoms with E-state index in [-0.39, 0.29) is 24.5 Å². The average molecular weight is 320 g/mol. The number of anilines is 1. The number of ether oxygens (including phenoxy) is 1. The SMILES string of the molecule is N#C/C(=C/NCCOCCO)C(=O)Nc1ccc([N+](=O)[O-])cc1. The second kappa shape index (κ2) is 9.88. The third-order valence-electron chi connectivity index (χ3n) is 2.57. The zero-order chi connectivity index (χ0) is 17.1. The number of benzene rings is 1. The van der Waals surface area contributed by atoms with E-state index in [1.54, 1.807) is 6.07 Å². The van der Waals surface area contributed by atoms with Crippen LogP contribution >= 0.6 is 0 Å². The van der Waals surface area contributed by atoms with E-state index in [9.17, 15) is 14.9 Å². The van der Waals surface area contributed by atoms with E-state index in [1.807, 2.05) is 0 Å². The van der Waals surface area contributed by atoms with Crippen molar-refractivity contribution in [1.82, 2.24) is 5.32 Å². The molecule has 23 heavy (non-hydrogen) atoms. The summed E-state index contributed by atoms with van der Waals surface area (Å²) >= 11 is 0. The number of carbonyl (C=O) groups is 1.